The van der Waals surface area contributed by atoms with E-state index < -0.39 is 10.9 Å². The molecule has 8 nitrogen and oxygen atoms in total. The van der Waals surface area contributed by atoms with Crippen molar-refractivity contribution in [1.29, 1.82) is 0 Å². The summed E-state index contributed by atoms with van der Waals surface area (Å²) >= 11 is 0. The predicted octanol–water partition coefficient (Wildman–Crippen LogP) is 2.59. The summed E-state index contributed by atoms with van der Waals surface area (Å²) < 4.78 is 9.71. The maximum absolute atomic E-state index is 11.0. The average Bonchev–Trinajstić information content (AvgIpc) is 2.61. The van der Waals surface area contributed by atoms with Crippen molar-refractivity contribution in [2.45, 2.75) is 0 Å². The van der Waals surface area contributed by atoms with Gasteiger partial charge in [0.15, 0.2) is 6.61 Å². The summed E-state index contributed by atoms with van der Waals surface area (Å²) in [6.45, 7) is -0.147. The van der Waals surface area contributed by atoms with Crippen LogP contribution in [0.25, 0.3) is 0 Å². The molecule has 0 unspecified atom stereocenters. The SMILES string of the molecule is COC(=O)COc1ccc(/C=N/Nc2ccc([N+](=O)[O-])cc2)cc1. The molecule has 1 N–H and O–H groups in total. The lowest BCUT2D eigenvalue weighted by atomic mass is 10.2. The van der Waals surface area contributed by atoms with Crippen LogP contribution in [0.2, 0.25) is 0 Å². The summed E-state index contributed by atoms with van der Waals surface area (Å²) in [5.41, 5.74) is 4.25. The number of ether oxygens (including phenoxy) is 2. The van der Waals surface area contributed by atoms with E-state index in [0.29, 0.717) is 11.4 Å². The predicted molar refractivity (Wildman–Crippen MR) is 88.3 cm³/mol. The molecule has 0 spiro atoms. The first-order valence-electron chi connectivity index (χ1n) is 6.91. The van der Waals surface area contributed by atoms with Gasteiger partial charge in [0.25, 0.3) is 5.69 Å². The average molecular weight is 329 g/mol. The number of nitrogens with zero attached hydrogens (tertiary/aromatic N) is 2. The second kappa shape index (κ2) is 8.28. The first kappa shape index (κ1) is 16.9. The lowest BCUT2D eigenvalue weighted by Crippen LogP contribution is -2.12. The van der Waals surface area contributed by atoms with Gasteiger partial charge in [0, 0.05) is 12.1 Å². The minimum absolute atomic E-state index is 0.0204. The Morgan fingerprint density at radius 3 is 2.46 bits per heavy atom. The highest BCUT2D eigenvalue weighted by molar-refractivity contribution is 5.80. The molecular weight excluding hydrogens is 314 g/mol. The number of esters is 1. The molecule has 0 atom stereocenters. The van der Waals surface area contributed by atoms with Crippen molar-refractivity contribution in [2.75, 3.05) is 19.1 Å². The molecule has 0 fully saturated rings. The number of methoxy groups -OCH3 is 1. The zero-order chi connectivity index (χ0) is 17.4. The van der Waals surface area contributed by atoms with Gasteiger partial charge >= 0.3 is 5.97 Å². The normalized spacial score (nSPS) is 10.4. The molecule has 0 bridgehead atoms. The third-order valence-electron chi connectivity index (χ3n) is 2.95. The molecule has 0 aliphatic heterocycles. The molecule has 0 saturated carbocycles. The van der Waals surface area contributed by atoms with Crippen molar-refractivity contribution in [2.24, 2.45) is 5.10 Å². The molecule has 0 aliphatic rings. The van der Waals surface area contributed by atoms with E-state index in [9.17, 15) is 14.9 Å². The third kappa shape index (κ3) is 5.09. The Bertz CT molecular complexity index is 726. The molecule has 0 aromatic heterocycles. The van der Waals surface area contributed by atoms with E-state index >= 15 is 0 Å². The largest absolute Gasteiger partial charge is 0.482 e. The quantitative estimate of drug-likeness (QED) is 0.362. The second-order valence-electron chi connectivity index (χ2n) is 4.61. The van der Waals surface area contributed by atoms with Gasteiger partial charge in [-0.15, -0.1) is 0 Å². The van der Waals surface area contributed by atoms with Crippen molar-refractivity contribution in [3.05, 3.63) is 64.2 Å². The maximum atomic E-state index is 11.0. The molecule has 0 heterocycles. The van der Waals surface area contributed by atoms with E-state index in [-0.39, 0.29) is 12.3 Å². The smallest absolute Gasteiger partial charge is 0.343 e. The number of anilines is 1. The Morgan fingerprint density at radius 1 is 1.21 bits per heavy atom. The minimum Gasteiger partial charge on any atom is -0.482 e. The van der Waals surface area contributed by atoms with Gasteiger partial charge in [0.1, 0.15) is 5.75 Å². The molecule has 124 valence electrons. The number of hydrogen-bond donors (Lipinski definition) is 1. The van der Waals surface area contributed by atoms with Crippen LogP contribution in [-0.4, -0.2) is 30.8 Å². The number of hydrazone groups is 1. The molecule has 2 aromatic rings. The zero-order valence-electron chi connectivity index (χ0n) is 12.8. The highest BCUT2D eigenvalue weighted by Gasteiger charge is 2.03. The van der Waals surface area contributed by atoms with E-state index in [4.69, 9.17) is 4.74 Å². The maximum Gasteiger partial charge on any atom is 0.343 e. The monoisotopic (exact) mass is 329 g/mol. The molecule has 0 aliphatic carbocycles. The Hall–Kier alpha value is -3.42. The Kier molecular flexibility index (Phi) is 5.84. The van der Waals surface area contributed by atoms with Crippen molar-refractivity contribution in [3.63, 3.8) is 0 Å². The van der Waals surface area contributed by atoms with Crippen LogP contribution in [0.4, 0.5) is 11.4 Å². The van der Waals surface area contributed by atoms with Crippen LogP contribution < -0.4 is 10.2 Å². The van der Waals surface area contributed by atoms with E-state index in [0.717, 1.165) is 5.56 Å². The van der Waals surface area contributed by atoms with Crippen molar-refractivity contribution < 1.29 is 19.2 Å². The number of nitro benzene ring substituents is 1. The van der Waals surface area contributed by atoms with E-state index in [1.54, 1.807) is 42.6 Å². The summed E-state index contributed by atoms with van der Waals surface area (Å²) in [5.74, 6) is 0.0915. The summed E-state index contributed by atoms with van der Waals surface area (Å²) in [6, 6.07) is 12.9. The van der Waals surface area contributed by atoms with E-state index in [1.165, 1.54) is 19.2 Å². The molecule has 8 heteroatoms. The Morgan fingerprint density at radius 2 is 1.88 bits per heavy atom. The number of rotatable bonds is 7. The second-order valence-corrected chi connectivity index (χ2v) is 4.61. The van der Waals surface area contributed by atoms with Crippen LogP contribution in [0, 0.1) is 10.1 Å². The molecular formula is C16H15N3O5. The van der Waals surface area contributed by atoms with Gasteiger partial charge in [-0.3, -0.25) is 15.5 Å². The van der Waals surface area contributed by atoms with Crippen LogP contribution in [0.15, 0.2) is 53.6 Å². The van der Waals surface area contributed by atoms with Gasteiger partial charge in [0.05, 0.1) is 23.9 Å². The van der Waals surface area contributed by atoms with Crippen molar-refractivity contribution >= 4 is 23.6 Å². The standard InChI is InChI=1S/C16H15N3O5/c1-23-16(20)11-24-15-8-2-12(3-9-15)10-17-18-13-4-6-14(7-5-13)19(21)22/h2-10,18H,11H2,1H3/b17-10+. The van der Waals surface area contributed by atoms with Gasteiger partial charge < -0.3 is 9.47 Å². The highest BCUT2D eigenvalue weighted by atomic mass is 16.6. The molecule has 0 amide bonds. The molecule has 2 aromatic carbocycles. The van der Waals surface area contributed by atoms with Gasteiger partial charge in [-0.1, -0.05) is 0 Å². The highest BCUT2D eigenvalue weighted by Crippen LogP contribution is 2.15. The fourth-order valence-corrected chi connectivity index (χ4v) is 1.69. The summed E-state index contributed by atoms with van der Waals surface area (Å²) in [7, 11) is 1.29. The Balaban J connectivity index is 1.87. The van der Waals surface area contributed by atoms with Crippen LogP contribution in [0.1, 0.15) is 5.56 Å². The number of nitrogens with one attached hydrogen (secondary N) is 1. The Labute approximate surface area is 137 Å². The van der Waals surface area contributed by atoms with Crippen LogP contribution >= 0.6 is 0 Å². The molecule has 2 rings (SSSR count). The van der Waals surface area contributed by atoms with E-state index in [2.05, 4.69) is 15.3 Å². The van der Waals surface area contributed by atoms with Crippen LogP contribution in [0.5, 0.6) is 5.75 Å². The van der Waals surface area contributed by atoms with Gasteiger partial charge in [-0.05, 0) is 42.0 Å². The number of hydrogen-bond acceptors (Lipinski definition) is 7. The minimum atomic E-state index is -0.461. The number of benzene rings is 2. The van der Waals surface area contributed by atoms with Gasteiger partial charge in [0.2, 0.25) is 0 Å². The van der Waals surface area contributed by atoms with Crippen LogP contribution in [-0.2, 0) is 9.53 Å². The van der Waals surface area contributed by atoms with Gasteiger partial charge in [-0.2, -0.15) is 5.10 Å². The van der Waals surface area contributed by atoms with E-state index in [1.807, 2.05) is 0 Å². The molecule has 0 saturated heterocycles. The number of non-ortho nitro benzene ring substituents is 1. The molecule has 0 radical (unpaired) electrons. The zero-order valence-corrected chi connectivity index (χ0v) is 12.8. The van der Waals surface area contributed by atoms with Crippen LogP contribution in [0.3, 0.4) is 0 Å². The lowest BCUT2D eigenvalue weighted by molar-refractivity contribution is -0.384. The number of nitro groups is 1. The van der Waals surface area contributed by atoms with Gasteiger partial charge in [-0.25, -0.2) is 4.79 Å². The summed E-state index contributed by atoms with van der Waals surface area (Å²) in [4.78, 5) is 21.1. The summed E-state index contributed by atoms with van der Waals surface area (Å²) in [6.07, 6.45) is 1.59. The third-order valence-corrected chi connectivity index (χ3v) is 2.95. The first-order chi connectivity index (χ1) is 11.6. The topological polar surface area (TPSA) is 103 Å². The fraction of sp³-hybridized carbons (Fsp3) is 0.125. The number of carbonyl (C=O) groups is 1. The number of carbonyl (C=O) groups excluding carboxylic acids is 1. The first-order valence-corrected chi connectivity index (χ1v) is 6.91. The fourth-order valence-electron chi connectivity index (χ4n) is 1.69. The summed E-state index contributed by atoms with van der Waals surface area (Å²) in [5, 5.41) is 14.6. The van der Waals surface area contributed by atoms with Crippen molar-refractivity contribution in [3.8, 4) is 5.75 Å². The lowest BCUT2D eigenvalue weighted by Gasteiger charge is -2.04. The molecule has 24 heavy (non-hydrogen) atoms. The van der Waals surface area contributed by atoms with Crippen molar-refractivity contribution in [1.82, 2.24) is 0 Å².